The summed E-state index contributed by atoms with van der Waals surface area (Å²) in [4.78, 5) is 0. The lowest BCUT2D eigenvalue weighted by Gasteiger charge is -2.35. The molecule has 5 heteroatoms. The van der Waals surface area contributed by atoms with Crippen LogP contribution in [0.15, 0.2) is 0 Å². The predicted octanol–water partition coefficient (Wildman–Crippen LogP) is 3.51. The van der Waals surface area contributed by atoms with Crippen molar-refractivity contribution in [3.8, 4) is 0 Å². The van der Waals surface area contributed by atoms with Gasteiger partial charge in [-0.05, 0) is 26.7 Å². The molecule has 0 saturated heterocycles. The van der Waals surface area contributed by atoms with Crippen LogP contribution in [0.3, 0.4) is 0 Å². The van der Waals surface area contributed by atoms with Crippen molar-refractivity contribution in [3.05, 3.63) is 0 Å². The lowest BCUT2D eigenvalue weighted by molar-refractivity contribution is 0.189. The third kappa shape index (κ3) is 3.85. The largest absolute Gasteiger partial charge is 0.350 e. The van der Waals surface area contributed by atoms with Crippen LogP contribution < -0.4 is 5.73 Å². The van der Waals surface area contributed by atoms with Gasteiger partial charge in [0.1, 0.15) is 5.28 Å². The normalized spacial score (nSPS) is 13.1. The van der Waals surface area contributed by atoms with E-state index in [0.29, 0.717) is 26.1 Å². The van der Waals surface area contributed by atoms with Gasteiger partial charge < -0.3 is 14.8 Å². The quantitative estimate of drug-likeness (QED) is 0.637. The smallest absolute Gasteiger partial charge is 0.315 e. The van der Waals surface area contributed by atoms with Gasteiger partial charge in [-0.1, -0.05) is 26.7 Å². The first kappa shape index (κ1) is 16.1. The highest BCUT2D eigenvalue weighted by molar-refractivity contribution is 7.55. The molecular weight excluding hydrogens is 225 g/mol. The second-order valence-corrected chi connectivity index (χ2v) is 6.34. The van der Waals surface area contributed by atoms with Crippen molar-refractivity contribution in [2.75, 3.05) is 13.2 Å². The fourth-order valence-electron chi connectivity index (χ4n) is 1.90. The Labute approximate surface area is 99.4 Å². The molecule has 0 bridgehead atoms. The van der Waals surface area contributed by atoms with Gasteiger partial charge in [0.05, 0.1) is 13.2 Å². The molecule has 0 aliphatic rings. The van der Waals surface area contributed by atoms with Crippen LogP contribution in [0.1, 0.15) is 53.4 Å². The number of hydrogen-bond donors (Lipinski definition) is 1. The van der Waals surface area contributed by atoms with E-state index in [-0.39, 0.29) is 0 Å². The third-order valence-corrected chi connectivity index (χ3v) is 5.24. The van der Waals surface area contributed by atoms with E-state index in [1.807, 2.05) is 27.7 Å². The minimum Gasteiger partial charge on any atom is -0.315 e. The lowest BCUT2D eigenvalue weighted by atomic mass is 10.1. The number of hydrogen-bond acceptors (Lipinski definition) is 4. The maximum Gasteiger partial charge on any atom is 0.350 e. The molecule has 0 aromatic rings. The molecule has 0 saturated carbocycles. The summed E-state index contributed by atoms with van der Waals surface area (Å²) >= 11 is 0. The van der Waals surface area contributed by atoms with E-state index in [0.717, 1.165) is 12.8 Å². The van der Waals surface area contributed by atoms with Crippen molar-refractivity contribution in [1.82, 2.24) is 0 Å². The highest BCUT2D eigenvalue weighted by atomic mass is 31.2. The summed E-state index contributed by atoms with van der Waals surface area (Å²) < 4.78 is 23.3. The molecule has 0 aromatic carbocycles. The van der Waals surface area contributed by atoms with Crippen LogP contribution >= 0.6 is 7.60 Å². The van der Waals surface area contributed by atoms with Gasteiger partial charge in [0.15, 0.2) is 0 Å². The fourth-order valence-corrected chi connectivity index (χ4v) is 4.16. The summed E-state index contributed by atoms with van der Waals surface area (Å²) in [5.74, 6) is 0. The van der Waals surface area contributed by atoms with Crippen LogP contribution in [0.4, 0.5) is 0 Å². The molecule has 0 rings (SSSR count). The average molecular weight is 251 g/mol. The summed E-state index contributed by atoms with van der Waals surface area (Å²) in [6, 6.07) is 0. The summed E-state index contributed by atoms with van der Waals surface area (Å²) in [5.41, 5.74) is 6.26. The van der Waals surface area contributed by atoms with Crippen LogP contribution in [-0.4, -0.2) is 18.5 Å². The van der Waals surface area contributed by atoms with E-state index < -0.39 is 12.9 Å². The monoisotopic (exact) mass is 251 g/mol. The first-order valence-electron chi connectivity index (χ1n) is 6.17. The number of nitrogens with two attached hydrogens (primary N) is 1. The van der Waals surface area contributed by atoms with Crippen molar-refractivity contribution < 1.29 is 13.6 Å². The summed E-state index contributed by atoms with van der Waals surface area (Å²) in [6.45, 7) is 8.40. The Bertz CT molecular complexity index is 217. The van der Waals surface area contributed by atoms with Crippen molar-refractivity contribution in [1.29, 1.82) is 0 Å². The molecule has 0 fully saturated rings. The molecule has 0 amide bonds. The Morgan fingerprint density at radius 3 is 1.62 bits per heavy atom. The van der Waals surface area contributed by atoms with E-state index >= 15 is 0 Å². The molecule has 0 spiro atoms. The topological polar surface area (TPSA) is 61.6 Å². The maximum atomic E-state index is 12.6. The average Bonchev–Trinajstić information content (AvgIpc) is 2.19. The zero-order valence-electron chi connectivity index (χ0n) is 11.0. The molecule has 4 nitrogen and oxygen atoms in total. The van der Waals surface area contributed by atoms with Gasteiger partial charge in [-0.15, -0.1) is 0 Å². The molecule has 0 unspecified atom stereocenters. The lowest BCUT2D eigenvalue weighted by Crippen LogP contribution is -2.40. The van der Waals surface area contributed by atoms with Crippen LogP contribution in [0.5, 0.6) is 0 Å². The van der Waals surface area contributed by atoms with E-state index in [2.05, 4.69) is 0 Å². The standard InChI is InChI=1S/C11H26NO3P/c1-5-9-11(12,10-6-2)16(13,14-7-3)15-8-4/h5-10,12H2,1-4H3. The van der Waals surface area contributed by atoms with Gasteiger partial charge in [-0.3, -0.25) is 4.57 Å². The van der Waals surface area contributed by atoms with Crippen LogP contribution in [0, 0.1) is 0 Å². The molecule has 98 valence electrons. The fraction of sp³-hybridized carbons (Fsp3) is 1.00. The van der Waals surface area contributed by atoms with Gasteiger partial charge in [0, 0.05) is 0 Å². The van der Waals surface area contributed by atoms with Crippen molar-refractivity contribution in [3.63, 3.8) is 0 Å². The Morgan fingerprint density at radius 1 is 1.00 bits per heavy atom. The molecule has 0 aliphatic heterocycles. The Hall–Kier alpha value is 0.110. The highest BCUT2D eigenvalue weighted by Gasteiger charge is 2.46. The van der Waals surface area contributed by atoms with E-state index in [1.54, 1.807) is 0 Å². The van der Waals surface area contributed by atoms with Crippen LogP contribution in [0.25, 0.3) is 0 Å². The second-order valence-electron chi connectivity index (χ2n) is 3.94. The van der Waals surface area contributed by atoms with E-state index in [9.17, 15) is 4.57 Å². The third-order valence-electron chi connectivity index (χ3n) is 2.51. The van der Waals surface area contributed by atoms with Gasteiger partial charge in [0.2, 0.25) is 0 Å². The molecular formula is C11H26NO3P. The zero-order chi connectivity index (χ0) is 12.7. The van der Waals surface area contributed by atoms with Crippen molar-refractivity contribution in [2.45, 2.75) is 58.7 Å². The maximum absolute atomic E-state index is 12.6. The molecule has 0 atom stereocenters. The van der Waals surface area contributed by atoms with E-state index in [1.165, 1.54) is 0 Å². The first-order valence-corrected chi connectivity index (χ1v) is 7.72. The Kier molecular flexibility index (Phi) is 7.49. The van der Waals surface area contributed by atoms with Crippen molar-refractivity contribution >= 4 is 7.60 Å². The van der Waals surface area contributed by atoms with Gasteiger partial charge >= 0.3 is 7.60 Å². The van der Waals surface area contributed by atoms with Crippen LogP contribution in [-0.2, 0) is 13.6 Å². The summed E-state index contributed by atoms with van der Waals surface area (Å²) in [5, 5.41) is -0.831. The molecule has 0 aliphatic carbocycles. The molecule has 16 heavy (non-hydrogen) atoms. The SMILES string of the molecule is CCCC(N)(CCC)P(=O)(OCC)OCC. The number of rotatable bonds is 9. The Balaban J connectivity index is 4.99. The second kappa shape index (κ2) is 7.44. The predicted molar refractivity (Wildman–Crippen MR) is 67.6 cm³/mol. The van der Waals surface area contributed by atoms with Gasteiger partial charge in [-0.2, -0.15) is 0 Å². The van der Waals surface area contributed by atoms with Gasteiger partial charge in [-0.25, -0.2) is 0 Å². The highest BCUT2D eigenvalue weighted by Crippen LogP contribution is 2.60. The van der Waals surface area contributed by atoms with Crippen molar-refractivity contribution in [2.24, 2.45) is 5.73 Å². The Morgan fingerprint density at radius 2 is 1.38 bits per heavy atom. The zero-order valence-corrected chi connectivity index (χ0v) is 11.9. The molecule has 0 aromatic heterocycles. The first-order chi connectivity index (χ1) is 7.49. The minimum atomic E-state index is -3.20. The minimum absolute atomic E-state index is 0.365. The summed E-state index contributed by atoms with van der Waals surface area (Å²) in [6.07, 6.45) is 3.08. The van der Waals surface area contributed by atoms with Gasteiger partial charge in [0.25, 0.3) is 0 Å². The van der Waals surface area contributed by atoms with E-state index in [4.69, 9.17) is 14.8 Å². The van der Waals surface area contributed by atoms with Crippen LogP contribution in [0.2, 0.25) is 0 Å². The molecule has 0 heterocycles. The summed E-state index contributed by atoms with van der Waals surface area (Å²) in [7, 11) is -3.20. The molecule has 2 N–H and O–H groups in total. The molecule has 0 radical (unpaired) electrons.